The van der Waals surface area contributed by atoms with Gasteiger partial charge < -0.3 is 19.9 Å². The molecule has 2 amide bonds. The maximum atomic E-state index is 13.8. The normalized spacial score (nSPS) is 13.3. The van der Waals surface area contributed by atoms with Crippen LogP contribution in [0.1, 0.15) is 21.6 Å². The number of carbonyl (C=O) groups excluding carboxylic acids is 2. The Bertz CT molecular complexity index is 1090. The second-order valence-electron chi connectivity index (χ2n) is 6.56. The molecule has 0 radical (unpaired) electrons. The molecule has 144 valence electrons. The van der Waals surface area contributed by atoms with Crippen molar-refractivity contribution in [2.45, 2.75) is 13.0 Å². The number of hydrogen-bond donors (Lipinski definition) is 2. The summed E-state index contributed by atoms with van der Waals surface area (Å²) in [6, 6.07) is 7.73. The molecule has 2 heterocycles. The zero-order valence-corrected chi connectivity index (χ0v) is 15.0. The third-order valence-electron chi connectivity index (χ3n) is 4.86. The topological polar surface area (TPSA) is 74.4 Å². The highest BCUT2D eigenvalue weighted by Crippen LogP contribution is 2.29. The van der Waals surface area contributed by atoms with E-state index in [0.29, 0.717) is 25.1 Å². The van der Waals surface area contributed by atoms with E-state index >= 15 is 0 Å². The molecule has 1 aromatic heterocycles. The molecule has 0 saturated heterocycles. The van der Waals surface area contributed by atoms with Crippen molar-refractivity contribution >= 4 is 28.6 Å². The lowest BCUT2D eigenvalue weighted by Crippen LogP contribution is -2.38. The number of methoxy groups -OCH3 is 1. The third-order valence-corrected chi connectivity index (χ3v) is 4.86. The summed E-state index contributed by atoms with van der Waals surface area (Å²) in [5.41, 5.74) is 3.11. The van der Waals surface area contributed by atoms with Crippen LogP contribution in [0.25, 0.3) is 10.9 Å². The second kappa shape index (κ2) is 6.95. The highest BCUT2D eigenvalue weighted by molar-refractivity contribution is 5.96. The summed E-state index contributed by atoms with van der Waals surface area (Å²) >= 11 is 0. The first-order valence-corrected chi connectivity index (χ1v) is 8.69. The Morgan fingerprint density at radius 3 is 2.75 bits per heavy atom. The lowest BCUT2D eigenvalue weighted by molar-refractivity contribution is 0.0601. The van der Waals surface area contributed by atoms with Gasteiger partial charge in [-0.3, -0.25) is 0 Å². The molecule has 1 aliphatic rings. The Morgan fingerprint density at radius 1 is 1.18 bits per heavy atom. The number of nitrogens with zero attached hydrogens (tertiary/aromatic N) is 1. The number of rotatable bonds is 2. The predicted molar refractivity (Wildman–Crippen MR) is 99.1 cm³/mol. The van der Waals surface area contributed by atoms with Crippen molar-refractivity contribution in [3.8, 4) is 0 Å². The summed E-state index contributed by atoms with van der Waals surface area (Å²) in [7, 11) is 1.32. The molecule has 0 fully saturated rings. The van der Waals surface area contributed by atoms with Gasteiger partial charge in [0.05, 0.1) is 18.4 Å². The lowest BCUT2D eigenvalue weighted by atomic mass is 10.0. The minimum atomic E-state index is -0.833. The Hall–Kier alpha value is -3.42. The molecule has 0 aliphatic carbocycles. The highest BCUT2D eigenvalue weighted by Gasteiger charge is 2.25. The number of H-pyrrole nitrogens is 1. The number of nitrogens with one attached hydrogen (secondary N) is 2. The maximum absolute atomic E-state index is 13.8. The van der Waals surface area contributed by atoms with E-state index in [-0.39, 0.29) is 5.69 Å². The molecule has 0 atom stereocenters. The number of esters is 1. The first-order valence-electron chi connectivity index (χ1n) is 8.69. The molecule has 0 bridgehead atoms. The summed E-state index contributed by atoms with van der Waals surface area (Å²) in [6.07, 6.45) is 0.594. The van der Waals surface area contributed by atoms with Gasteiger partial charge in [-0.2, -0.15) is 0 Å². The summed E-state index contributed by atoms with van der Waals surface area (Å²) in [4.78, 5) is 29.2. The maximum Gasteiger partial charge on any atom is 0.337 e. The van der Waals surface area contributed by atoms with Gasteiger partial charge in [0, 0.05) is 47.7 Å². The third kappa shape index (κ3) is 3.17. The molecule has 1 aliphatic heterocycles. The Labute approximate surface area is 159 Å². The number of hydrogen-bond acceptors (Lipinski definition) is 3. The van der Waals surface area contributed by atoms with E-state index in [0.717, 1.165) is 34.3 Å². The first-order chi connectivity index (χ1) is 13.5. The van der Waals surface area contributed by atoms with Crippen LogP contribution in [-0.2, 0) is 17.7 Å². The predicted octanol–water partition coefficient (Wildman–Crippen LogP) is 3.82. The van der Waals surface area contributed by atoms with Gasteiger partial charge in [0.25, 0.3) is 0 Å². The van der Waals surface area contributed by atoms with E-state index in [1.165, 1.54) is 13.2 Å². The number of aromatic nitrogens is 1. The molecular weight excluding hydrogens is 368 g/mol. The second-order valence-corrected chi connectivity index (χ2v) is 6.56. The van der Waals surface area contributed by atoms with Crippen molar-refractivity contribution in [1.29, 1.82) is 0 Å². The lowest BCUT2D eigenvalue weighted by Gasteiger charge is -2.27. The van der Waals surface area contributed by atoms with Gasteiger partial charge in [0.1, 0.15) is 11.6 Å². The van der Waals surface area contributed by atoms with E-state index in [1.807, 2.05) is 0 Å². The fourth-order valence-corrected chi connectivity index (χ4v) is 3.42. The van der Waals surface area contributed by atoms with Crippen LogP contribution < -0.4 is 5.32 Å². The van der Waals surface area contributed by atoms with Crippen LogP contribution in [0.5, 0.6) is 0 Å². The van der Waals surface area contributed by atoms with Crippen molar-refractivity contribution in [3.05, 3.63) is 64.9 Å². The molecule has 8 heteroatoms. The van der Waals surface area contributed by atoms with E-state index in [2.05, 4.69) is 10.3 Å². The summed E-state index contributed by atoms with van der Waals surface area (Å²) in [5.74, 6) is -1.98. The molecular formula is C20H17F2N3O3. The van der Waals surface area contributed by atoms with Crippen molar-refractivity contribution in [1.82, 2.24) is 9.88 Å². The molecule has 2 aromatic carbocycles. The van der Waals surface area contributed by atoms with E-state index in [9.17, 15) is 18.4 Å². The molecule has 4 rings (SSSR count). The number of halogens is 2. The van der Waals surface area contributed by atoms with E-state index < -0.39 is 23.6 Å². The zero-order chi connectivity index (χ0) is 19.8. The van der Waals surface area contributed by atoms with Gasteiger partial charge in [-0.15, -0.1) is 0 Å². The SMILES string of the molecule is COC(=O)c1ccc2[nH]c3c(c2c1)CN(C(=O)Nc1ccc(F)cc1F)CC3. The molecule has 0 unspecified atom stereocenters. The number of urea groups is 1. The smallest absolute Gasteiger partial charge is 0.337 e. The summed E-state index contributed by atoms with van der Waals surface area (Å²) < 4.78 is 31.6. The van der Waals surface area contributed by atoms with Gasteiger partial charge in [0.2, 0.25) is 0 Å². The summed E-state index contributed by atoms with van der Waals surface area (Å²) in [6.45, 7) is 0.743. The van der Waals surface area contributed by atoms with Crippen LogP contribution in [0, 0.1) is 11.6 Å². The highest BCUT2D eigenvalue weighted by atomic mass is 19.1. The van der Waals surface area contributed by atoms with E-state index in [1.54, 1.807) is 23.1 Å². The van der Waals surface area contributed by atoms with Gasteiger partial charge in [-0.1, -0.05) is 0 Å². The number of fused-ring (bicyclic) bond motifs is 3. The number of amides is 2. The van der Waals surface area contributed by atoms with Crippen molar-refractivity contribution in [3.63, 3.8) is 0 Å². The monoisotopic (exact) mass is 385 g/mol. The van der Waals surface area contributed by atoms with Gasteiger partial charge in [-0.05, 0) is 30.3 Å². The summed E-state index contributed by atoms with van der Waals surface area (Å²) in [5, 5.41) is 3.31. The van der Waals surface area contributed by atoms with Crippen LogP contribution in [0.4, 0.5) is 19.3 Å². The largest absolute Gasteiger partial charge is 0.465 e. The minimum absolute atomic E-state index is 0.0795. The zero-order valence-electron chi connectivity index (χ0n) is 15.0. The Morgan fingerprint density at radius 2 is 2.00 bits per heavy atom. The number of carbonyl (C=O) groups is 2. The molecule has 6 nitrogen and oxygen atoms in total. The van der Waals surface area contributed by atoms with Crippen LogP contribution in [0.2, 0.25) is 0 Å². The van der Waals surface area contributed by atoms with E-state index in [4.69, 9.17) is 4.74 Å². The average Bonchev–Trinajstić information content (AvgIpc) is 3.06. The number of aromatic amines is 1. The standard InChI is InChI=1S/C20H17F2N3O3/c1-28-19(26)11-2-4-16-13(8-11)14-10-25(7-6-17(14)23-16)20(27)24-18-5-3-12(21)9-15(18)22/h2-5,8-9,23H,6-7,10H2,1H3,(H,24,27). The Kier molecular flexibility index (Phi) is 4.46. The average molecular weight is 385 g/mol. The minimum Gasteiger partial charge on any atom is -0.465 e. The molecule has 28 heavy (non-hydrogen) atoms. The molecule has 3 aromatic rings. The molecule has 0 spiro atoms. The fourth-order valence-electron chi connectivity index (χ4n) is 3.42. The van der Waals surface area contributed by atoms with Gasteiger partial charge in [-0.25, -0.2) is 18.4 Å². The number of anilines is 1. The van der Waals surface area contributed by atoms with Crippen LogP contribution in [0.3, 0.4) is 0 Å². The number of benzene rings is 2. The van der Waals surface area contributed by atoms with Gasteiger partial charge >= 0.3 is 12.0 Å². The van der Waals surface area contributed by atoms with Crippen molar-refractivity contribution in [2.75, 3.05) is 19.0 Å². The molecule has 2 N–H and O–H groups in total. The van der Waals surface area contributed by atoms with Crippen LogP contribution >= 0.6 is 0 Å². The quantitative estimate of drug-likeness (QED) is 0.659. The number of ether oxygens (including phenoxy) is 1. The van der Waals surface area contributed by atoms with Crippen molar-refractivity contribution < 1.29 is 23.1 Å². The Balaban J connectivity index is 1.59. The fraction of sp³-hybridized carbons (Fsp3) is 0.200. The molecule has 0 saturated carbocycles. The van der Waals surface area contributed by atoms with Gasteiger partial charge in [0.15, 0.2) is 0 Å². The van der Waals surface area contributed by atoms with Crippen LogP contribution in [-0.4, -0.2) is 35.5 Å². The first kappa shape index (κ1) is 18.0. The van der Waals surface area contributed by atoms with Crippen LogP contribution in [0.15, 0.2) is 36.4 Å². The van der Waals surface area contributed by atoms with Crippen molar-refractivity contribution in [2.24, 2.45) is 0 Å².